The highest BCUT2D eigenvalue weighted by atomic mass is 35.5. The van der Waals surface area contributed by atoms with E-state index in [9.17, 15) is 4.79 Å². The van der Waals surface area contributed by atoms with Crippen molar-refractivity contribution in [3.05, 3.63) is 41.6 Å². The van der Waals surface area contributed by atoms with Crippen LogP contribution in [0.3, 0.4) is 0 Å². The number of hydrogen-bond donors (Lipinski definition) is 1. The zero-order chi connectivity index (χ0) is 14.5. The molecule has 0 aliphatic heterocycles. The topological polar surface area (TPSA) is 56.1 Å². The summed E-state index contributed by atoms with van der Waals surface area (Å²) in [4.78, 5) is 11.6. The van der Waals surface area contributed by atoms with Gasteiger partial charge in [0.05, 0.1) is 11.9 Å². The molecule has 20 heavy (non-hydrogen) atoms. The Bertz CT molecular complexity index is 583. The van der Waals surface area contributed by atoms with E-state index in [2.05, 4.69) is 10.4 Å². The standard InChI is InChI=1S/C14H16ClN3O2/c1-3-16-13(19)10(2)20-14-12(15)9-18(17-14)11-7-5-4-6-8-11/h4-10H,3H2,1-2H3,(H,16,19). The number of aromatic nitrogens is 2. The molecule has 1 heterocycles. The lowest BCUT2D eigenvalue weighted by Gasteiger charge is -2.11. The first-order chi connectivity index (χ1) is 9.61. The van der Waals surface area contributed by atoms with Crippen LogP contribution in [0.1, 0.15) is 13.8 Å². The van der Waals surface area contributed by atoms with Gasteiger partial charge in [0.2, 0.25) is 0 Å². The molecule has 0 saturated carbocycles. The second kappa shape index (κ2) is 6.43. The average molecular weight is 294 g/mol. The van der Waals surface area contributed by atoms with Crippen molar-refractivity contribution in [1.82, 2.24) is 15.1 Å². The monoisotopic (exact) mass is 293 g/mol. The van der Waals surface area contributed by atoms with Gasteiger partial charge in [0, 0.05) is 6.54 Å². The molecule has 1 aromatic heterocycles. The quantitative estimate of drug-likeness (QED) is 0.921. The van der Waals surface area contributed by atoms with E-state index in [1.165, 1.54) is 0 Å². The highest BCUT2D eigenvalue weighted by molar-refractivity contribution is 6.31. The minimum atomic E-state index is -0.647. The van der Waals surface area contributed by atoms with E-state index in [4.69, 9.17) is 16.3 Å². The van der Waals surface area contributed by atoms with E-state index in [-0.39, 0.29) is 11.8 Å². The van der Waals surface area contributed by atoms with Crippen LogP contribution in [0, 0.1) is 0 Å². The predicted molar refractivity (Wildman–Crippen MR) is 77.3 cm³/mol. The van der Waals surface area contributed by atoms with Crippen molar-refractivity contribution in [2.45, 2.75) is 20.0 Å². The van der Waals surface area contributed by atoms with E-state index in [0.717, 1.165) is 5.69 Å². The number of ether oxygens (including phenoxy) is 1. The van der Waals surface area contributed by atoms with Crippen LogP contribution in [0.2, 0.25) is 5.02 Å². The number of rotatable bonds is 5. The molecule has 0 fully saturated rings. The van der Waals surface area contributed by atoms with E-state index < -0.39 is 6.10 Å². The van der Waals surface area contributed by atoms with Crippen molar-refractivity contribution in [2.75, 3.05) is 6.54 Å². The fraction of sp³-hybridized carbons (Fsp3) is 0.286. The summed E-state index contributed by atoms with van der Waals surface area (Å²) in [6, 6.07) is 9.54. The molecule has 0 saturated heterocycles. The van der Waals surface area contributed by atoms with Crippen molar-refractivity contribution >= 4 is 17.5 Å². The molecule has 0 radical (unpaired) electrons. The van der Waals surface area contributed by atoms with Gasteiger partial charge < -0.3 is 10.1 Å². The Morgan fingerprint density at radius 3 is 2.80 bits per heavy atom. The minimum Gasteiger partial charge on any atom is -0.462 e. The number of nitrogens with one attached hydrogen (secondary N) is 1. The van der Waals surface area contributed by atoms with Gasteiger partial charge in [0.15, 0.2) is 6.10 Å². The SMILES string of the molecule is CCNC(=O)C(C)Oc1nn(-c2ccccc2)cc1Cl. The van der Waals surface area contributed by atoms with Crippen LogP contribution in [0.15, 0.2) is 36.5 Å². The number of benzene rings is 1. The molecule has 1 N–H and O–H groups in total. The van der Waals surface area contributed by atoms with Gasteiger partial charge in [-0.2, -0.15) is 0 Å². The third-order valence-corrected chi connectivity index (χ3v) is 2.93. The largest absolute Gasteiger partial charge is 0.462 e. The van der Waals surface area contributed by atoms with E-state index in [0.29, 0.717) is 11.6 Å². The molecule has 5 nitrogen and oxygen atoms in total. The fourth-order valence-corrected chi connectivity index (χ4v) is 1.84. The third-order valence-electron chi connectivity index (χ3n) is 2.67. The van der Waals surface area contributed by atoms with Gasteiger partial charge in [-0.25, -0.2) is 4.68 Å². The number of nitrogens with zero attached hydrogens (tertiary/aromatic N) is 2. The Balaban J connectivity index is 2.14. The molecule has 106 valence electrons. The molecule has 2 aromatic rings. The number of halogens is 1. The first-order valence-corrected chi connectivity index (χ1v) is 6.74. The van der Waals surface area contributed by atoms with Gasteiger partial charge in [-0.1, -0.05) is 29.8 Å². The first kappa shape index (κ1) is 14.4. The number of carbonyl (C=O) groups is 1. The highest BCUT2D eigenvalue weighted by Gasteiger charge is 2.18. The van der Waals surface area contributed by atoms with Gasteiger partial charge in [0.1, 0.15) is 5.02 Å². The van der Waals surface area contributed by atoms with Crippen molar-refractivity contribution in [3.63, 3.8) is 0 Å². The number of carbonyl (C=O) groups excluding carboxylic acids is 1. The second-order valence-corrected chi connectivity index (χ2v) is 4.62. The molecule has 0 aliphatic rings. The van der Waals surface area contributed by atoms with E-state index in [1.54, 1.807) is 17.8 Å². The van der Waals surface area contributed by atoms with Gasteiger partial charge in [-0.05, 0) is 26.0 Å². The Morgan fingerprint density at radius 1 is 1.45 bits per heavy atom. The molecule has 0 aliphatic carbocycles. The normalized spacial score (nSPS) is 11.9. The molecule has 1 amide bonds. The molecule has 0 spiro atoms. The lowest BCUT2D eigenvalue weighted by molar-refractivity contribution is -0.127. The van der Waals surface area contributed by atoms with Crippen LogP contribution in [-0.4, -0.2) is 28.3 Å². The molecular weight excluding hydrogens is 278 g/mol. The number of likely N-dealkylation sites (N-methyl/N-ethyl adjacent to an activating group) is 1. The summed E-state index contributed by atoms with van der Waals surface area (Å²) in [7, 11) is 0. The molecular formula is C14H16ClN3O2. The van der Waals surface area contributed by atoms with Gasteiger partial charge in [-0.3, -0.25) is 4.79 Å². The van der Waals surface area contributed by atoms with Crippen molar-refractivity contribution in [3.8, 4) is 11.6 Å². The Morgan fingerprint density at radius 2 is 2.15 bits per heavy atom. The molecule has 1 aromatic carbocycles. The Kier molecular flexibility index (Phi) is 4.63. The summed E-state index contributed by atoms with van der Waals surface area (Å²) in [6.45, 7) is 4.06. The van der Waals surface area contributed by atoms with E-state index in [1.807, 2.05) is 37.3 Å². The molecule has 0 bridgehead atoms. The summed E-state index contributed by atoms with van der Waals surface area (Å²) in [6.07, 6.45) is 1.00. The first-order valence-electron chi connectivity index (χ1n) is 6.36. The maximum absolute atomic E-state index is 11.6. The Labute approximate surface area is 122 Å². The maximum atomic E-state index is 11.6. The molecule has 2 rings (SSSR count). The molecule has 1 atom stereocenters. The van der Waals surface area contributed by atoms with Gasteiger partial charge in [-0.15, -0.1) is 5.10 Å². The van der Waals surface area contributed by atoms with Gasteiger partial charge >= 0.3 is 0 Å². The Hall–Kier alpha value is -2.01. The predicted octanol–water partition coefficient (Wildman–Crippen LogP) is 2.43. The minimum absolute atomic E-state index is 0.196. The summed E-state index contributed by atoms with van der Waals surface area (Å²) >= 11 is 6.08. The fourth-order valence-electron chi connectivity index (χ4n) is 1.67. The number of amides is 1. The van der Waals surface area contributed by atoms with Crippen molar-refractivity contribution < 1.29 is 9.53 Å². The average Bonchev–Trinajstić information content (AvgIpc) is 2.81. The van der Waals surface area contributed by atoms with Gasteiger partial charge in [0.25, 0.3) is 11.8 Å². The van der Waals surface area contributed by atoms with Crippen LogP contribution >= 0.6 is 11.6 Å². The number of hydrogen-bond acceptors (Lipinski definition) is 3. The van der Waals surface area contributed by atoms with Crippen LogP contribution in [0.25, 0.3) is 5.69 Å². The van der Waals surface area contributed by atoms with Crippen LogP contribution < -0.4 is 10.1 Å². The lowest BCUT2D eigenvalue weighted by atomic mass is 10.3. The van der Waals surface area contributed by atoms with Crippen molar-refractivity contribution in [1.29, 1.82) is 0 Å². The van der Waals surface area contributed by atoms with Crippen molar-refractivity contribution in [2.24, 2.45) is 0 Å². The van der Waals surface area contributed by atoms with Crippen LogP contribution in [-0.2, 0) is 4.79 Å². The maximum Gasteiger partial charge on any atom is 0.260 e. The highest BCUT2D eigenvalue weighted by Crippen LogP contribution is 2.24. The van der Waals surface area contributed by atoms with E-state index >= 15 is 0 Å². The second-order valence-electron chi connectivity index (χ2n) is 4.22. The summed E-state index contributed by atoms with van der Waals surface area (Å²) in [5, 5.41) is 7.29. The molecule has 1 unspecified atom stereocenters. The van der Waals surface area contributed by atoms with Crippen LogP contribution in [0.5, 0.6) is 5.88 Å². The lowest BCUT2D eigenvalue weighted by Crippen LogP contribution is -2.36. The summed E-state index contributed by atoms with van der Waals surface area (Å²) in [5.74, 6) is 0.0482. The number of para-hydroxylation sites is 1. The molecule has 6 heteroatoms. The summed E-state index contributed by atoms with van der Waals surface area (Å²) in [5.41, 5.74) is 0.870. The van der Waals surface area contributed by atoms with Crippen LogP contribution in [0.4, 0.5) is 0 Å². The zero-order valence-corrected chi connectivity index (χ0v) is 12.1. The smallest absolute Gasteiger partial charge is 0.260 e. The zero-order valence-electron chi connectivity index (χ0n) is 11.3. The third kappa shape index (κ3) is 3.30. The summed E-state index contributed by atoms with van der Waals surface area (Å²) < 4.78 is 7.10.